The van der Waals surface area contributed by atoms with Gasteiger partial charge in [-0.1, -0.05) is 20.8 Å². The Balaban J connectivity index is 1.87. The van der Waals surface area contributed by atoms with Gasteiger partial charge in [-0.3, -0.25) is 9.69 Å². The van der Waals surface area contributed by atoms with Crippen LogP contribution in [0.5, 0.6) is 0 Å². The zero-order chi connectivity index (χ0) is 25.6. The van der Waals surface area contributed by atoms with Crippen molar-refractivity contribution in [2.75, 3.05) is 11.9 Å². The summed E-state index contributed by atoms with van der Waals surface area (Å²) in [7, 11) is 0. The predicted octanol–water partition coefficient (Wildman–Crippen LogP) is 5.13. The first-order valence-electron chi connectivity index (χ1n) is 10.0. The number of anilines is 1. The molecule has 2 N–H and O–H groups in total. The molecule has 0 spiro atoms. The predicted molar refractivity (Wildman–Crippen MR) is 112 cm³/mol. The first-order valence-corrected chi connectivity index (χ1v) is 10.0. The number of benzene rings is 1. The molecule has 1 saturated heterocycles. The smallest absolute Gasteiger partial charge is 0.451 e. The SMILES string of the molecule is Cc1cc(C(=O)Nc2cc(F)c(C=C3CN(C(=O)O)C3C(C)(C)C)c(F)c2)nc(C(F)(F)F)n1. The lowest BCUT2D eigenvalue weighted by atomic mass is 9.75. The molecule has 0 radical (unpaired) electrons. The second-order valence-electron chi connectivity index (χ2n) is 8.92. The van der Waals surface area contributed by atoms with Gasteiger partial charge < -0.3 is 10.4 Å². The Morgan fingerprint density at radius 1 is 1.12 bits per heavy atom. The molecule has 0 bridgehead atoms. The molecule has 34 heavy (non-hydrogen) atoms. The van der Waals surface area contributed by atoms with Crippen LogP contribution in [-0.2, 0) is 6.18 Å². The molecule has 2 heterocycles. The third kappa shape index (κ3) is 5.15. The van der Waals surface area contributed by atoms with Crippen LogP contribution in [0.15, 0.2) is 23.8 Å². The molecule has 12 heteroatoms. The highest BCUT2D eigenvalue weighted by Gasteiger charge is 2.44. The van der Waals surface area contributed by atoms with Crippen LogP contribution in [0.3, 0.4) is 0 Å². The number of carbonyl (C=O) groups excluding carboxylic acids is 1. The van der Waals surface area contributed by atoms with Crippen molar-refractivity contribution in [3.8, 4) is 0 Å². The van der Waals surface area contributed by atoms with E-state index < -0.39 is 58.3 Å². The van der Waals surface area contributed by atoms with Gasteiger partial charge in [0.05, 0.1) is 6.04 Å². The Hall–Kier alpha value is -3.57. The number of aromatic nitrogens is 2. The lowest BCUT2D eigenvalue weighted by molar-refractivity contribution is -0.145. The second kappa shape index (κ2) is 8.65. The lowest BCUT2D eigenvalue weighted by Crippen LogP contribution is -2.58. The molecule has 7 nitrogen and oxygen atoms in total. The fourth-order valence-corrected chi connectivity index (χ4v) is 3.78. The maximum Gasteiger partial charge on any atom is 0.451 e. The summed E-state index contributed by atoms with van der Waals surface area (Å²) in [6.07, 6.45) is -4.80. The van der Waals surface area contributed by atoms with Gasteiger partial charge >= 0.3 is 12.3 Å². The van der Waals surface area contributed by atoms with E-state index in [0.717, 1.165) is 23.1 Å². The topological polar surface area (TPSA) is 95.4 Å². The van der Waals surface area contributed by atoms with E-state index in [-0.39, 0.29) is 17.9 Å². The number of likely N-dealkylation sites (tertiary alicyclic amines) is 1. The van der Waals surface area contributed by atoms with Crippen LogP contribution in [0.2, 0.25) is 0 Å². The minimum Gasteiger partial charge on any atom is -0.465 e. The normalized spacial score (nSPS) is 17.5. The van der Waals surface area contributed by atoms with E-state index in [1.54, 1.807) is 20.8 Å². The number of amides is 2. The first-order chi connectivity index (χ1) is 15.6. The Morgan fingerprint density at radius 2 is 1.71 bits per heavy atom. The van der Waals surface area contributed by atoms with E-state index in [9.17, 15) is 36.6 Å². The van der Waals surface area contributed by atoms with E-state index in [0.29, 0.717) is 5.57 Å². The molecule has 3 rings (SSSR count). The number of halogens is 5. The van der Waals surface area contributed by atoms with Gasteiger partial charge in [0.2, 0.25) is 5.82 Å². The standard InChI is InChI=1S/C22H21F5N4O3/c1-10-5-16(30-19(28-10)22(25,26)27)18(32)29-12-7-14(23)13(15(24)8-12)6-11-9-31(20(33)34)17(11)21(2,3)4/h5-8,17H,9H2,1-4H3,(H,29,32)(H,33,34). The van der Waals surface area contributed by atoms with Crippen molar-refractivity contribution in [3.05, 3.63) is 58.2 Å². The number of nitrogens with one attached hydrogen (secondary N) is 1. The van der Waals surface area contributed by atoms with E-state index in [4.69, 9.17) is 0 Å². The Labute approximate surface area is 191 Å². The lowest BCUT2D eigenvalue weighted by Gasteiger charge is -2.49. The van der Waals surface area contributed by atoms with Gasteiger partial charge in [-0.15, -0.1) is 0 Å². The fourth-order valence-electron chi connectivity index (χ4n) is 3.78. The van der Waals surface area contributed by atoms with Crippen LogP contribution in [0.1, 0.15) is 48.3 Å². The minimum atomic E-state index is -4.88. The van der Waals surface area contributed by atoms with Crippen molar-refractivity contribution in [1.29, 1.82) is 0 Å². The molecular weight excluding hydrogens is 463 g/mol. The Kier molecular flexibility index (Phi) is 6.38. The minimum absolute atomic E-state index is 0.0107. The molecule has 1 aliphatic heterocycles. The third-order valence-corrected chi connectivity index (χ3v) is 5.09. The van der Waals surface area contributed by atoms with Gasteiger partial charge in [0.15, 0.2) is 0 Å². The number of aryl methyl sites for hydroxylation is 1. The highest BCUT2D eigenvalue weighted by molar-refractivity contribution is 6.03. The summed E-state index contributed by atoms with van der Waals surface area (Å²) in [6, 6.07) is 2.05. The molecule has 1 fully saturated rings. The molecule has 2 aromatic rings. The van der Waals surface area contributed by atoms with Crippen LogP contribution in [0, 0.1) is 24.0 Å². The van der Waals surface area contributed by atoms with Crippen LogP contribution in [0.25, 0.3) is 6.08 Å². The van der Waals surface area contributed by atoms with Gasteiger partial charge in [-0.2, -0.15) is 13.2 Å². The summed E-state index contributed by atoms with van der Waals surface area (Å²) in [5.41, 5.74) is -1.50. The molecule has 1 aliphatic rings. The molecule has 182 valence electrons. The number of nitrogens with zero attached hydrogens (tertiary/aromatic N) is 3. The van der Waals surface area contributed by atoms with Gasteiger partial charge in [-0.05, 0) is 42.2 Å². The van der Waals surface area contributed by atoms with Crippen molar-refractivity contribution in [2.24, 2.45) is 5.41 Å². The Bertz CT molecular complexity index is 1170. The summed E-state index contributed by atoms with van der Waals surface area (Å²) < 4.78 is 68.1. The molecular formula is C22H21F5N4O3. The number of alkyl halides is 3. The number of hydrogen-bond acceptors (Lipinski definition) is 4. The van der Waals surface area contributed by atoms with Gasteiger partial charge in [0, 0.05) is 23.5 Å². The molecule has 2 amide bonds. The van der Waals surface area contributed by atoms with E-state index in [2.05, 4.69) is 15.3 Å². The first kappa shape index (κ1) is 25.1. The monoisotopic (exact) mass is 484 g/mol. The summed E-state index contributed by atoms with van der Waals surface area (Å²) in [5, 5.41) is 11.4. The molecule has 1 unspecified atom stereocenters. The Morgan fingerprint density at radius 3 is 2.21 bits per heavy atom. The fraction of sp³-hybridized carbons (Fsp3) is 0.364. The van der Waals surface area contributed by atoms with Crippen LogP contribution < -0.4 is 5.32 Å². The highest BCUT2D eigenvalue weighted by Crippen LogP contribution is 2.39. The van der Waals surface area contributed by atoms with Gasteiger partial charge in [0.25, 0.3) is 5.91 Å². The quantitative estimate of drug-likeness (QED) is 0.590. The maximum atomic E-state index is 14.7. The second-order valence-corrected chi connectivity index (χ2v) is 8.92. The van der Waals surface area contributed by atoms with E-state index in [1.807, 2.05) is 0 Å². The van der Waals surface area contributed by atoms with Crippen molar-refractivity contribution < 1.29 is 36.6 Å². The number of rotatable bonds is 3. The van der Waals surface area contributed by atoms with E-state index >= 15 is 0 Å². The van der Waals surface area contributed by atoms with Crippen molar-refractivity contribution in [2.45, 2.75) is 39.9 Å². The van der Waals surface area contributed by atoms with Crippen molar-refractivity contribution >= 4 is 23.8 Å². The summed E-state index contributed by atoms with van der Waals surface area (Å²) >= 11 is 0. The van der Waals surface area contributed by atoms with Crippen LogP contribution >= 0.6 is 0 Å². The molecule has 0 saturated carbocycles. The van der Waals surface area contributed by atoms with Crippen molar-refractivity contribution in [3.63, 3.8) is 0 Å². The largest absolute Gasteiger partial charge is 0.465 e. The summed E-state index contributed by atoms with van der Waals surface area (Å²) in [5.74, 6) is -4.70. The van der Waals surface area contributed by atoms with E-state index in [1.165, 1.54) is 13.0 Å². The summed E-state index contributed by atoms with van der Waals surface area (Å²) in [4.78, 5) is 31.3. The number of carbonyl (C=O) groups is 2. The van der Waals surface area contributed by atoms with Crippen LogP contribution in [0.4, 0.5) is 32.4 Å². The molecule has 0 aliphatic carbocycles. The average Bonchev–Trinajstić information content (AvgIpc) is 2.63. The maximum absolute atomic E-state index is 14.7. The van der Waals surface area contributed by atoms with Crippen molar-refractivity contribution in [1.82, 2.24) is 14.9 Å². The average molecular weight is 484 g/mol. The third-order valence-electron chi connectivity index (χ3n) is 5.09. The van der Waals surface area contributed by atoms with Gasteiger partial charge in [-0.25, -0.2) is 23.5 Å². The molecule has 1 atom stereocenters. The summed E-state index contributed by atoms with van der Waals surface area (Å²) in [6.45, 7) is 6.62. The van der Waals surface area contributed by atoms with Crippen LogP contribution in [-0.4, -0.2) is 44.6 Å². The zero-order valence-corrected chi connectivity index (χ0v) is 18.6. The molecule has 1 aromatic heterocycles. The highest BCUT2D eigenvalue weighted by atomic mass is 19.4. The zero-order valence-electron chi connectivity index (χ0n) is 18.6. The number of carboxylic acid groups (broad SMARTS) is 1. The van der Waals surface area contributed by atoms with Gasteiger partial charge in [0.1, 0.15) is 17.3 Å². The molecule has 1 aromatic carbocycles. The number of hydrogen-bond donors (Lipinski definition) is 2.